The van der Waals surface area contributed by atoms with Gasteiger partial charge >= 0.3 is 6.18 Å². The number of rotatable bonds is 5. The van der Waals surface area contributed by atoms with Gasteiger partial charge in [0.05, 0.1) is 12.6 Å². The number of amides is 1. The molecule has 0 fully saturated rings. The van der Waals surface area contributed by atoms with Crippen molar-refractivity contribution in [1.82, 2.24) is 14.8 Å². The quantitative estimate of drug-likeness (QED) is 0.822. The second-order valence-corrected chi connectivity index (χ2v) is 7.36. The Morgan fingerprint density at radius 2 is 2.04 bits per heavy atom. The lowest BCUT2D eigenvalue weighted by atomic mass is 9.97. The molecule has 1 unspecified atom stereocenters. The molecule has 28 heavy (non-hydrogen) atoms. The number of alkyl halides is 3. The topological polar surface area (TPSA) is 48.5 Å². The second kappa shape index (κ2) is 7.48. The highest BCUT2D eigenvalue weighted by Crippen LogP contribution is 2.34. The summed E-state index contributed by atoms with van der Waals surface area (Å²) in [7, 11) is 3.58. The highest BCUT2D eigenvalue weighted by molar-refractivity contribution is 6.00. The first kappa shape index (κ1) is 20.2. The molecular weight excluding hydrogens is 369 g/mol. The SMILES string of the molecule is CNc1nccc2c1CN(C(C)C1=CC(C)=C(CCC(F)(F)F)N(C)C1)C2=O. The molecule has 8 heteroatoms. The summed E-state index contributed by atoms with van der Waals surface area (Å²) in [5.74, 6) is 0.648. The summed E-state index contributed by atoms with van der Waals surface area (Å²) >= 11 is 0. The molecule has 1 aromatic heterocycles. The number of nitrogens with zero attached hydrogens (tertiary/aromatic N) is 3. The predicted molar refractivity (Wildman–Crippen MR) is 102 cm³/mol. The third-order valence-corrected chi connectivity index (χ3v) is 5.50. The van der Waals surface area contributed by atoms with E-state index in [1.54, 1.807) is 31.3 Å². The fraction of sp³-hybridized carbons (Fsp3) is 0.500. The number of hydrogen-bond donors (Lipinski definition) is 1. The van der Waals surface area contributed by atoms with Gasteiger partial charge in [-0.05, 0) is 37.5 Å². The van der Waals surface area contributed by atoms with E-state index in [1.807, 2.05) is 24.8 Å². The molecule has 0 aromatic carbocycles. The van der Waals surface area contributed by atoms with E-state index in [1.165, 1.54) is 0 Å². The summed E-state index contributed by atoms with van der Waals surface area (Å²) in [6, 6.07) is 1.57. The number of allylic oxidation sites excluding steroid dienone is 3. The Bertz CT molecular complexity index is 844. The van der Waals surface area contributed by atoms with Crippen molar-refractivity contribution >= 4 is 11.7 Å². The van der Waals surface area contributed by atoms with Crippen molar-refractivity contribution in [1.29, 1.82) is 0 Å². The summed E-state index contributed by atoms with van der Waals surface area (Å²) in [6.07, 6.45) is -1.48. The number of pyridine rings is 1. The Morgan fingerprint density at radius 3 is 2.64 bits per heavy atom. The Hall–Kier alpha value is -2.51. The van der Waals surface area contributed by atoms with Crippen LogP contribution in [0.25, 0.3) is 0 Å². The maximum absolute atomic E-state index is 12.9. The normalized spacial score (nSPS) is 18.4. The Labute approximate surface area is 162 Å². The van der Waals surface area contributed by atoms with Gasteiger partial charge in [0.2, 0.25) is 0 Å². The van der Waals surface area contributed by atoms with Crippen molar-refractivity contribution in [3.8, 4) is 0 Å². The molecule has 3 rings (SSSR count). The van der Waals surface area contributed by atoms with Crippen molar-refractivity contribution in [2.45, 2.75) is 45.5 Å². The van der Waals surface area contributed by atoms with Crippen molar-refractivity contribution in [3.05, 3.63) is 46.3 Å². The summed E-state index contributed by atoms with van der Waals surface area (Å²) in [4.78, 5) is 20.8. The van der Waals surface area contributed by atoms with E-state index in [-0.39, 0.29) is 18.4 Å². The lowest BCUT2D eigenvalue weighted by molar-refractivity contribution is -0.134. The number of halogens is 3. The van der Waals surface area contributed by atoms with Crippen LogP contribution in [-0.4, -0.2) is 53.5 Å². The lowest BCUT2D eigenvalue weighted by Crippen LogP contribution is -2.39. The van der Waals surface area contributed by atoms with Crippen LogP contribution in [0.4, 0.5) is 19.0 Å². The molecule has 1 N–H and O–H groups in total. The van der Waals surface area contributed by atoms with E-state index < -0.39 is 12.6 Å². The maximum atomic E-state index is 12.9. The molecule has 1 amide bonds. The zero-order chi connectivity index (χ0) is 20.6. The predicted octanol–water partition coefficient (Wildman–Crippen LogP) is 3.96. The molecule has 0 saturated heterocycles. The van der Waals surface area contributed by atoms with E-state index >= 15 is 0 Å². The summed E-state index contributed by atoms with van der Waals surface area (Å²) in [5.41, 5.74) is 4.06. The number of fused-ring (bicyclic) bond motifs is 1. The third kappa shape index (κ3) is 3.86. The number of likely N-dealkylation sites (N-methyl/N-ethyl adjacent to an activating group) is 1. The highest BCUT2D eigenvalue weighted by atomic mass is 19.4. The Morgan fingerprint density at radius 1 is 1.32 bits per heavy atom. The van der Waals surface area contributed by atoms with Crippen molar-refractivity contribution < 1.29 is 18.0 Å². The third-order valence-electron chi connectivity index (χ3n) is 5.50. The maximum Gasteiger partial charge on any atom is 0.389 e. The first-order valence-corrected chi connectivity index (χ1v) is 9.27. The first-order valence-electron chi connectivity index (χ1n) is 9.27. The molecule has 0 radical (unpaired) electrons. The molecule has 2 aliphatic rings. The van der Waals surface area contributed by atoms with E-state index in [0.29, 0.717) is 30.2 Å². The van der Waals surface area contributed by atoms with Crippen LogP contribution in [0.1, 0.15) is 42.6 Å². The van der Waals surface area contributed by atoms with Gasteiger partial charge in [-0.25, -0.2) is 4.98 Å². The monoisotopic (exact) mass is 394 g/mol. The largest absolute Gasteiger partial charge is 0.389 e. The molecule has 5 nitrogen and oxygen atoms in total. The molecule has 0 spiro atoms. The van der Waals surface area contributed by atoms with Crippen LogP contribution in [0.3, 0.4) is 0 Å². The van der Waals surface area contributed by atoms with Crippen LogP contribution >= 0.6 is 0 Å². The lowest BCUT2D eigenvalue weighted by Gasteiger charge is -2.35. The van der Waals surface area contributed by atoms with Gasteiger partial charge < -0.3 is 15.1 Å². The number of carbonyl (C=O) groups excluding carboxylic acids is 1. The van der Waals surface area contributed by atoms with Crippen LogP contribution < -0.4 is 5.32 Å². The van der Waals surface area contributed by atoms with Crippen LogP contribution in [-0.2, 0) is 6.54 Å². The summed E-state index contributed by atoms with van der Waals surface area (Å²) < 4.78 is 37.8. The van der Waals surface area contributed by atoms with Crippen molar-refractivity contribution in [2.24, 2.45) is 0 Å². The van der Waals surface area contributed by atoms with Crippen LogP contribution in [0.5, 0.6) is 0 Å². The zero-order valence-corrected chi connectivity index (χ0v) is 16.5. The minimum absolute atomic E-state index is 0.0325. The minimum atomic E-state index is -4.17. The highest BCUT2D eigenvalue weighted by Gasteiger charge is 2.35. The molecule has 1 atom stereocenters. The van der Waals surface area contributed by atoms with Crippen LogP contribution in [0, 0.1) is 0 Å². The fourth-order valence-electron chi connectivity index (χ4n) is 3.96. The first-order chi connectivity index (χ1) is 13.1. The van der Waals surface area contributed by atoms with Gasteiger partial charge in [0.15, 0.2) is 0 Å². The van der Waals surface area contributed by atoms with E-state index in [9.17, 15) is 18.0 Å². The molecule has 3 heterocycles. The molecule has 0 aliphatic carbocycles. The van der Waals surface area contributed by atoms with E-state index in [2.05, 4.69) is 10.3 Å². The number of aromatic nitrogens is 1. The number of anilines is 1. The van der Waals surface area contributed by atoms with E-state index in [4.69, 9.17) is 0 Å². The standard InChI is InChI=1S/C20H25F3N4O/c1-12-9-14(10-26(4)17(12)5-7-20(21,22)23)13(2)27-11-16-15(19(27)28)6-8-25-18(16)24-3/h6,8-9,13H,5,7,10-11H2,1-4H3,(H,24,25). The number of nitrogens with one attached hydrogen (secondary N) is 1. The van der Waals surface area contributed by atoms with Gasteiger partial charge in [-0.3, -0.25) is 4.79 Å². The van der Waals surface area contributed by atoms with Gasteiger partial charge in [-0.2, -0.15) is 13.2 Å². The molecule has 1 aromatic rings. The fourth-order valence-corrected chi connectivity index (χ4v) is 3.96. The smallest absolute Gasteiger partial charge is 0.374 e. The number of carbonyl (C=O) groups is 1. The summed E-state index contributed by atoms with van der Waals surface area (Å²) in [6.45, 7) is 4.76. The van der Waals surface area contributed by atoms with Gasteiger partial charge in [0.1, 0.15) is 5.82 Å². The average Bonchev–Trinajstić information content (AvgIpc) is 2.96. The zero-order valence-electron chi connectivity index (χ0n) is 16.5. The molecule has 152 valence electrons. The Kier molecular flexibility index (Phi) is 5.41. The van der Waals surface area contributed by atoms with Crippen molar-refractivity contribution in [2.75, 3.05) is 26.0 Å². The number of hydrogen-bond acceptors (Lipinski definition) is 4. The summed E-state index contributed by atoms with van der Waals surface area (Å²) in [5, 5.41) is 3.02. The molecule has 2 aliphatic heterocycles. The Balaban J connectivity index is 1.81. The molecule has 0 saturated carbocycles. The van der Waals surface area contributed by atoms with Gasteiger partial charge in [-0.15, -0.1) is 0 Å². The molecular formula is C20H25F3N4O. The average molecular weight is 394 g/mol. The van der Waals surface area contributed by atoms with E-state index in [0.717, 1.165) is 16.7 Å². The van der Waals surface area contributed by atoms with Gasteiger partial charge in [-0.1, -0.05) is 6.08 Å². The minimum Gasteiger partial charge on any atom is -0.374 e. The van der Waals surface area contributed by atoms with Gasteiger partial charge in [0.25, 0.3) is 5.91 Å². The van der Waals surface area contributed by atoms with Gasteiger partial charge in [0, 0.05) is 50.1 Å². The van der Waals surface area contributed by atoms with Crippen molar-refractivity contribution in [3.63, 3.8) is 0 Å². The second-order valence-electron chi connectivity index (χ2n) is 7.36. The van der Waals surface area contributed by atoms with Crippen LogP contribution in [0.15, 0.2) is 35.2 Å². The van der Waals surface area contributed by atoms with Crippen LogP contribution in [0.2, 0.25) is 0 Å². The molecule has 0 bridgehead atoms.